The molecule has 168 valence electrons. The lowest BCUT2D eigenvalue weighted by Crippen LogP contribution is -2.50. The Morgan fingerprint density at radius 1 is 1.13 bits per heavy atom. The highest BCUT2D eigenvalue weighted by atomic mass is 32.2. The van der Waals surface area contributed by atoms with Crippen LogP contribution < -0.4 is 0 Å². The molecule has 1 atom stereocenters. The van der Waals surface area contributed by atoms with Crippen molar-refractivity contribution < 1.29 is 17.9 Å². The van der Waals surface area contributed by atoms with Gasteiger partial charge in [0.1, 0.15) is 0 Å². The molecule has 4 rings (SSSR count). The number of nitrogens with zero attached hydrogens (tertiary/aromatic N) is 4. The largest absolute Gasteiger partial charge is 0.377 e. The highest BCUT2D eigenvalue weighted by Crippen LogP contribution is 2.30. The lowest BCUT2D eigenvalue weighted by molar-refractivity contribution is -0.141. The third kappa shape index (κ3) is 4.99. The molecule has 31 heavy (non-hydrogen) atoms. The van der Waals surface area contributed by atoms with E-state index in [1.807, 2.05) is 46.5 Å². The van der Waals surface area contributed by atoms with Crippen LogP contribution in [-0.2, 0) is 25.9 Å². The van der Waals surface area contributed by atoms with Gasteiger partial charge in [0.25, 0.3) is 0 Å². The lowest BCUT2D eigenvalue weighted by Gasteiger charge is -2.37. The highest BCUT2D eigenvalue weighted by molar-refractivity contribution is 7.91. The Kier molecular flexibility index (Phi) is 6.45. The van der Waals surface area contributed by atoms with E-state index < -0.39 is 9.84 Å². The molecule has 2 aliphatic heterocycles. The van der Waals surface area contributed by atoms with E-state index in [1.165, 1.54) is 5.56 Å². The van der Waals surface area contributed by atoms with Gasteiger partial charge in [-0.3, -0.25) is 14.4 Å². The molecule has 0 spiro atoms. The average Bonchev–Trinajstić information content (AvgIpc) is 3.03. The molecule has 9 heteroatoms. The van der Waals surface area contributed by atoms with E-state index in [0.717, 1.165) is 17.0 Å². The Balaban J connectivity index is 1.51. The Bertz CT molecular complexity index is 1020. The van der Waals surface area contributed by atoms with Gasteiger partial charge in [0.05, 0.1) is 49.5 Å². The second-order valence-corrected chi connectivity index (χ2v) is 10.6. The van der Waals surface area contributed by atoms with Gasteiger partial charge in [-0.1, -0.05) is 30.3 Å². The highest BCUT2D eigenvalue weighted by Gasteiger charge is 2.34. The summed E-state index contributed by atoms with van der Waals surface area (Å²) in [5.74, 6) is 0.261. The number of ether oxygens (including phenoxy) is 1. The normalized spacial score (nSPS) is 21.9. The van der Waals surface area contributed by atoms with Crippen LogP contribution in [0.1, 0.15) is 28.6 Å². The SMILES string of the molecule is Cc1nn(Cc2ccccc2)c(C)c1C1COCCN1C(=O)CN1CCS(=O)(=O)CC1. The van der Waals surface area contributed by atoms with Crippen LogP contribution in [0.5, 0.6) is 0 Å². The molecule has 2 saturated heterocycles. The van der Waals surface area contributed by atoms with Crippen molar-refractivity contribution in [1.29, 1.82) is 0 Å². The fourth-order valence-electron chi connectivity index (χ4n) is 4.44. The van der Waals surface area contributed by atoms with Crippen molar-refractivity contribution in [2.75, 3.05) is 50.9 Å². The Hall–Kier alpha value is -2.23. The van der Waals surface area contributed by atoms with Crippen molar-refractivity contribution in [3.8, 4) is 0 Å². The van der Waals surface area contributed by atoms with E-state index in [1.54, 1.807) is 0 Å². The second kappa shape index (κ2) is 9.10. The molecule has 0 bridgehead atoms. The molecule has 8 nitrogen and oxygen atoms in total. The number of amides is 1. The van der Waals surface area contributed by atoms with Gasteiger partial charge in [-0.2, -0.15) is 5.10 Å². The minimum atomic E-state index is -2.96. The first-order chi connectivity index (χ1) is 14.8. The summed E-state index contributed by atoms with van der Waals surface area (Å²) >= 11 is 0. The molecule has 3 heterocycles. The van der Waals surface area contributed by atoms with E-state index in [9.17, 15) is 13.2 Å². The van der Waals surface area contributed by atoms with Crippen LogP contribution in [0.25, 0.3) is 0 Å². The fraction of sp³-hybridized carbons (Fsp3) is 0.545. The predicted molar refractivity (Wildman–Crippen MR) is 118 cm³/mol. The zero-order valence-electron chi connectivity index (χ0n) is 18.2. The van der Waals surface area contributed by atoms with Gasteiger partial charge in [-0.25, -0.2) is 8.42 Å². The number of aryl methyl sites for hydroxylation is 1. The van der Waals surface area contributed by atoms with Crippen molar-refractivity contribution in [3.05, 3.63) is 52.8 Å². The smallest absolute Gasteiger partial charge is 0.237 e. The van der Waals surface area contributed by atoms with Gasteiger partial charge >= 0.3 is 0 Å². The first-order valence-corrected chi connectivity index (χ1v) is 12.5. The van der Waals surface area contributed by atoms with E-state index >= 15 is 0 Å². The molecule has 1 aromatic carbocycles. The summed E-state index contributed by atoms with van der Waals surface area (Å²) in [6.45, 7) is 7.25. The first kappa shape index (κ1) is 22.0. The molecule has 0 N–H and O–H groups in total. The zero-order chi connectivity index (χ0) is 22.0. The molecule has 0 saturated carbocycles. The van der Waals surface area contributed by atoms with Crippen LogP contribution in [0.2, 0.25) is 0 Å². The van der Waals surface area contributed by atoms with Crippen molar-refractivity contribution in [3.63, 3.8) is 0 Å². The third-order valence-electron chi connectivity index (χ3n) is 6.19. The van der Waals surface area contributed by atoms with Gasteiger partial charge in [-0.05, 0) is 19.4 Å². The number of carbonyl (C=O) groups excluding carboxylic acids is 1. The van der Waals surface area contributed by atoms with Crippen LogP contribution >= 0.6 is 0 Å². The Morgan fingerprint density at radius 3 is 2.55 bits per heavy atom. The predicted octanol–water partition coefficient (Wildman–Crippen LogP) is 1.18. The standard InChI is InChI=1S/C22H30N4O4S/c1-17-22(18(2)26(23-17)14-19-6-4-3-5-7-19)20-16-30-11-8-25(20)21(27)15-24-9-12-31(28,29)13-10-24/h3-7,20H,8-16H2,1-2H3. The van der Waals surface area contributed by atoms with Gasteiger partial charge in [0.15, 0.2) is 9.84 Å². The summed E-state index contributed by atoms with van der Waals surface area (Å²) in [5, 5.41) is 4.75. The summed E-state index contributed by atoms with van der Waals surface area (Å²) in [5.41, 5.74) is 4.17. The van der Waals surface area contributed by atoms with Gasteiger partial charge < -0.3 is 9.64 Å². The molecular formula is C22H30N4O4S. The van der Waals surface area contributed by atoms with Gasteiger partial charge in [0.2, 0.25) is 5.91 Å². The number of morpholine rings is 1. The maximum absolute atomic E-state index is 13.2. The monoisotopic (exact) mass is 446 g/mol. The van der Waals surface area contributed by atoms with Crippen molar-refractivity contribution in [2.45, 2.75) is 26.4 Å². The van der Waals surface area contributed by atoms with Crippen molar-refractivity contribution >= 4 is 15.7 Å². The average molecular weight is 447 g/mol. The minimum absolute atomic E-state index is 0.0159. The number of sulfone groups is 1. The lowest BCUT2D eigenvalue weighted by atomic mass is 10.0. The maximum Gasteiger partial charge on any atom is 0.237 e. The van der Waals surface area contributed by atoms with E-state index in [2.05, 4.69) is 12.1 Å². The summed E-state index contributed by atoms with van der Waals surface area (Å²) in [4.78, 5) is 17.0. The maximum atomic E-state index is 13.2. The molecule has 2 aromatic rings. The quantitative estimate of drug-likeness (QED) is 0.686. The van der Waals surface area contributed by atoms with E-state index in [0.29, 0.717) is 39.4 Å². The molecule has 2 fully saturated rings. The molecule has 1 amide bonds. The van der Waals surface area contributed by atoms with Crippen LogP contribution in [0, 0.1) is 13.8 Å². The number of aromatic nitrogens is 2. The first-order valence-electron chi connectivity index (χ1n) is 10.7. The van der Waals surface area contributed by atoms with Crippen molar-refractivity contribution in [1.82, 2.24) is 19.6 Å². The summed E-state index contributed by atoms with van der Waals surface area (Å²) in [6.07, 6.45) is 0. The Labute approximate surface area is 183 Å². The molecule has 2 aliphatic rings. The molecule has 0 aliphatic carbocycles. The number of hydrogen-bond donors (Lipinski definition) is 0. The molecule has 1 unspecified atom stereocenters. The Morgan fingerprint density at radius 2 is 1.84 bits per heavy atom. The fourth-order valence-corrected chi connectivity index (χ4v) is 5.71. The summed E-state index contributed by atoms with van der Waals surface area (Å²) in [6, 6.07) is 10.0. The topological polar surface area (TPSA) is 84.7 Å². The minimum Gasteiger partial charge on any atom is -0.377 e. The third-order valence-corrected chi connectivity index (χ3v) is 7.80. The summed E-state index contributed by atoms with van der Waals surface area (Å²) in [7, 11) is -2.96. The van der Waals surface area contributed by atoms with E-state index in [4.69, 9.17) is 9.84 Å². The zero-order valence-corrected chi connectivity index (χ0v) is 19.0. The molecule has 0 radical (unpaired) electrons. The van der Waals surface area contributed by atoms with Crippen LogP contribution in [0.4, 0.5) is 0 Å². The number of benzene rings is 1. The molecule has 1 aromatic heterocycles. The van der Waals surface area contributed by atoms with E-state index in [-0.39, 0.29) is 30.0 Å². The number of rotatable bonds is 5. The number of hydrogen-bond acceptors (Lipinski definition) is 6. The van der Waals surface area contributed by atoms with Crippen molar-refractivity contribution in [2.24, 2.45) is 0 Å². The second-order valence-electron chi connectivity index (χ2n) is 8.33. The number of carbonyl (C=O) groups is 1. The van der Waals surface area contributed by atoms with Crippen LogP contribution in [-0.4, -0.2) is 84.8 Å². The summed E-state index contributed by atoms with van der Waals surface area (Å²) < 4.78 is 31.1. The van der Waals surface area contributed by atoms with Crippen LogP contribution in [0.3, 0.4) is 0 Å². The van der Waals surface area contributed by atoms with Gasteiger partial charge in [0, 0.05) is 30.9 Å². The van der Waals surface area contributed by atoms with Crippen LogP contribution in [0.15, 0.2) is 30.3 Å². The molecular weight excluding hydrogens is 416 g/mol. The van der Waals surface area contributed by atoms with Gasteiger partial charge in [-0.15, -0.1) is 0 Å².